The van der Waals surface area contributed by atoms with Crippen LogP contribution in [0, 0.1) is 0 Å². The van der Waals surface area contributed by atoms with Crippen LogP contribution in [0.4, 0.5) is 0 Å². The lowest BCUT2D eigenvalue weighted by molar-refractivity contribution is 0.519. The molecule has 1 nitrogen and oxygen atoms in total. The first-order chi connectivity index (χ1) is 10.3. The number of aryl methyl sites for hydroxylation is 2. The monoisotopic (exact) mass is 281 g/mol. The molecule has 0 aliphatic rings. The van der Waals surface area contributed by atoms with Gasteiger partial charge in [-0.25, -0.2) is 0 Å². The molecule has 2 aromatic carbocycles. The van der Waals surface area contributed by atoms with E-state index in [1.807, 2.05) is 0 Å². The molecule has 1 unspecified atom stereocenters. The molecular formula is C20H27N. The van der Waals surface area contributed by atoms with Crippen molar-refractivity contribution in [2.24, 2.45) is 0 Å². The van der Waals surface area contributed by atoms with Gasteiger partial charge in [0.1, 0.15) is 0 Å². The maximum atomic E-state index is 3.68. The van der Waals surface area contributed by atoms with Gasteiger partial charge in [-0.1, -0.05) is 69.3 Å². The van der Waals surface area contributed by atoms with Crippen molar-refractivity contribution in [3.05, 3.63) is 70.8 Å². The van der Waals surface area contributed by atoms with Crippen molar-refractivity contribution in [3.63, 3.8) is 0 Å². The molecule has 0 heterocycles. The van der Waals surface area contributed by atoms with E-state index in [4.69, 9.17) is 0 Å². The molecular weight excluding hydrogens is 254 g/mol. The van der Waals surface area contributed by atoms with Crippen molar-refractivity contribution in [1.82, 2.24) is 5.32 Å². The highest BCUT2D eigenvalue weighted by atomic mass is 14.9. The highest BCUT2D eigenvalue weighted by Gasteiger charge is 2.08. The summed E-state index contributed by atoms with van der Waals surface area (Å²) in [5, 5.41) is 3.68. The van der Waals surface area contributed by atoms with Crippen molar-refractivity contribution in [1.29, 1.82) is 0 Å². The second-order valence-electron chi connectivity index (χ2n) is 5.61. The Morgan fingerprint density at radius 3 is 1.67 bits per heavy atom. The lowest BCUT2D eigenvalue weighted by atomic mass is 10.0. The number of benzene rings is 2. The van der Waals surface area contributed by atoms with Gasteiger partial charge >= 0.3 is 0 Å². The first kappa shape index (κ1) is 15.8. The van der Waals surface area contributed by atoms with Crippen molar-refractivity contribution in [2.45, 2.75) is 52.6 Å². The molecule has 1 heteroatoms. The average Bonchev–Trinajstić information content (AvgIpc) is 2.56. The van der Waals surface area contributed by atoms with Crippen LogP contribution in [0.25, 0.3) is 0 Å². The van der Waals surface area contributed by atoms with Crippen LogP contribution in [-0.2, 0) is 19.4 Å². The van der Waals surface area contributed by atoms with Crippen LogP contribution in [0.15, 0.2) is 48.5 Å². The predicted octanol–water partition coefficient (Wildman–Crippen LogP) is 5.05. The van der Waals surface area contributed by atoms with E-state index in [0.29, 0.717) is 6.04 Å². The summed E-state index contributed by atoms with van der Waals surface area (Å²) in [6.07, 6.45) is 3.32. The van der Waals surface area contributed by atoms with E-state index in [1.54, 1.807) is 0 Å². The summed E-state index contributed by atoms with van der Waals surface area (Å²) >= 11 is 0. The molecule has 2 rings (SSSR count). The minimum Gasteiger partial charge on any atom is -0.306 e. The number of hydrogen-bond donors (Lipinski definition) is 1. The van der Waals surface area contributed by atoms with Crippen LogP contribution in [0.5, 0.6) is 0 Å². The highest BCUT2D eigenvalue weighted by Crippen LogP contribution is 2.18. The summed E-state index contributed by atoms with van der Waals surface area (Å²) in [6.45, 7) is 7.56. The van der Waals surface area contributed by atoms with Crippen LogP contribution in [0.1, 0.15) is 55.5 Å². The fourth-order valence-electron chi connectivity index (χ4n) is 2.62. The van der Waals surface area contributed by atoms with Gasteiger partial charge in [0.05, 0.1) is 0 Å². The van der Waals surface area contributed by atoms with Crippen LogP contribution in [0.2, 0.25) is 0 Å². The van der Waals surface area contributed by atoms with E-state index < -0.39 is 0 Å². The molecule has 0 bridgehead atoms. The Bertz CT molecular complexity index is 525. The van der Waals surface area contributed by atoms with E-state index >= 15 is 0 Å². The predicted molar refractivity (Wildman–Crippen MR) is 91.5 cm³/mol. The Hall–Kier alpha value is -1.60. The molecule has 2 aromatic rings. The summed E-state index contributed by atoms with van der Waals surface area (Å²) in [5.41, 5.74) is 5.56. The number of nitrogens with one attached hydrogen (secondary N) is 1. The minimum atomic E-state index is 0.432. The Kier molecular flexibility index (Phi) is 6.01. The van der Waals surface area contributed by atoms with Gasteiger partial charge in [0.25, 0.3) is 0 Å². The van der Waals surface area contributed by atoms with Gasteiger partial charge in [-0.05, 0) is 41.5 Å². The minimum absolute atomic E-state index is 0.432. The van der Waals surface area contributed by atoms with E-state index in [-0.39, 0.29) is 0 Å². The van der Waals surface area contributed by atoms with Crippen molar-refractivity contribution in [2.75, 3.05) is 0 Å². The first-order valence-electron chi connectivity index (χ1n) is 8.16. The van der Waals surface area contributed by atoms with Gasteiger partial charge in [-0.2, -0.15) is 0 Å². The summed E-state index contributed by atoms with van der Waals surface area (Å²) in [7, 11) is 0. The maximum Gasteiger partial charge on any atom is 0.0320 e. The molecule has 0 saturated heterocycles. The molecule has 112 valence electrons. The van der Waals surface area contributed by atoms with Crippen LogP contribution < -0.4 is 5.32 Å². The smallest absolute Gasteiger partial charge is 0.0320 e. The molecule has 0 spiro atoms. The Labute approximate surface area is 129 Å². The quantitative estimate of drug-likeness (QED) is 0.748. The van der Waals surface area contributed by atoms with Crippen LogP contribution in [-0.4, -0.2) is 0 Å². The molecule has 1 atom stereocenters. The van der Waals surface area contributed by atoms with Crippen LogP contribution in [0.3, 0.4) is 0 Å². The zero-order valence-corrected chi connectivity index (χ0v) is 13.5. The molecule has 0 aliphatic carbocycles. The lowest BCUT2D eigenvalue weighted by Crippen LogP contribution is -2.20. The molecule has 1 N–H and O–H groups in total. The second-order valence-corrected chi connectivity index (χ2v) is 5.61. The van der Waals surface area contributed by atoms with Gasteiger partial charge in [0.15, 0.2) is 0 Å². The molecule has 21 heavy (non-hydrogen) atoms. The van der Waals surface area contributed by atoms with Crippen molar-refractivity contribution < 1.29 is 0 Å². The van der Waals surface area contributed by atoms with E-state index in [9.17, 15) is 0 Å². The van der Waals surface area contributed by atoms with E-state index in [2.05, 4.69) is 74.6 Å². The molecule has 0 saturated carbocycles. The third-order valence-corrected chi connectivity index (χ3v) is 4.18. The molecule has 0 radical (unpaired) electrons. The first-order valence-corrected chi connectivity index (χ1v) is 8.16. The number of hydrogen-bond acceptors (Lipinski definition) is 1. The van der Waals surface area contributed by atoms with Gasteiger partial charge in [0.2, 0.25) is 0 Å². The molecule has 0 amide bonds. The molecule has 0 aliphatic heterocycles. The summed E-state index contributed by atoms with van der Waals surface area (Å²) in [4.78, 5) is 0. The Morgan fingerprint density at radius 2 is 1.19 bits per heavy atom. The molecule has 0 aromatic heterocycles. The Balaban J connectivity index is 1.97. The SMILES string of the molecule is CCc1ccc(CNC(CC)c2ccc(CC)cc2)cc1. The van der Waals surface area contributed by atoms with Gasteiger partial charge in [0, 0.05) is 12.6 Å². The fraction of sp³-hybridized carbons (Fsp3) is 0.400. The third-order valence-electron chi connectivity index (χ3n) is 4.18. The standard InChI is InChI=1S/C20H27N/c1-4-16-7-9-18(10-8-16)15-21-20(6-3)19-13-11-17(5-2)12-14-19/h7-14,20-21H,4-6,15H2,1-3H3. The van der Waals surface area contributed by atoms with Crippen molar-refractivity contribution >= 4 is 0 Å². The largest absolute Gasteiger partial charge is 0.306 e. The van der Waals surface area contributed by atoms with Crippen molar-refractivity contribution in [3.8, 4) is 0 Å². The zero-order chi connectivity index (χ0) is 15.1. The van der Waals surface area contributed by atoms with Gasteiger partial charge < -0.3 is 5.32 Å². The van der Waals surface area contributed by atoms with E-state index in [0.717, 1.165) is 25.8 Å². The fourth-order valence-corrected chi connectivity index (χ4v) is 2.62. The zero-order valence-electron chi connectivity index (χ0n) is 13.5. The second kappa shape index (κ2) is 7.99. The van der Waals surface area contributed by atoms with Gasteiger partial charge in [-0.3, -0.25) is 0 Å². The summed E-state index contributed by atoms with van der Waals surface area (Å²) in [5.74, 6) is 0. The van der Waals surface area contributed by atoms with E-state index in [1.165, 1.54) is 22.3 Å². The molecule has 0 fully saturated rings. The third kappa shape index (κ3) is 4.44. The Morgan fingerprint density at radius 1 is 0.714 bits per heavy atom. The summed E-state index contributed by atoms with van der Waals surface area (Å²) < 4.78 is 0. The normalized spacial score (nSPS) is 12.3. The maximum absolute atomic E-state index is 3.68. The van der Waals surface area contributed by atoms with Gasteiger partial charge in [-0.15, -0.1) is 0 Å². The number of rotatable bonds is 7. The lowest BCUT2D eigenvalue weighted by Gasteiger charge is -2.18. The topological polar surface area (TPSA) is 12.0 Å². The van der Waals surface area contributed by atoms with Crippen LogP contribution >= 0.6 is 0 Å². The average molecular weight is 281 g/mol. The summed E-state index contributed by atoms with van der Waals surface area (Å²) in [6, 6.07) is 18.4. The highest BCUT2D eigenvalue weighted by molar-refractivity contribution is 5.26.